The number of nitrogens with zero attached hydrogens (tertiary/aromatic N) is 1. The maximum atomic E-state index is 13.2. The third-order valence-corrected chi connectivity index (χ3v) is 6.06. The minimum absolute atomic E-state index is 0.00990. The third-order valence-electron chi connectivity index (χ3n) is 4.01. The van der Waals surface area contributed by atoms with Crippen molar-refractivity contribution in [3.05, 3.63) is 98.6 Å². The van der Waals surface area contributed by atoms with Gasteiger partial charge in [0.2, 0.25) is 0 Å². The number of thiazole rings is 1. The van der Waals surface area contributed by atoms with E-state index in [0.717, 1.165) is 24.4 Å². The molecule has 0 unspecified atom stereocenters. The van der Waals surface area contributed by atoms with Crippen LogP contribution in [0.3, 0.4) is 0 Å². The quantitative estimate of drug-likeness (QED) is 0.200. The molecule has 0 aliphatic carbocycles. The van der Waals surface area contributed by atoms with Gasteiger partial charge in [-0.05, 0) is 52.4 Å². The van der Waals surface area contributed by atoms with Crippen molar-refractivity contribution >= 4 is 61.6 Å². The SMILES string of the molecule is O=C(C(=Cc1ccccc1I)c1nc2ccccc2s1)c1ccccc1. The molecule has 0 atom stereocenters. The Labute approximate surface area is 169 Å². The molecule has 0 radical (unpaired) electrons. The number of fused-ring (bicyclic) bond motifs is 1. The number of halogens is 1. The minimum atomic E-state index is -0.00990. The molecule has 0 saturated heterocycles. The fraction of sp³-hybridized carbons (Fsp3) is 0. The number of allylic oxidation sites excluding steroid dienone is 1. The molecule has 4 rings (SSSR count). The van der Waals surface area contributed by atoms with Gasteiger partial charge in [0.1, 0.15) is 5.01 Å². The molecule has 0 aliphatic heterocycles. The first-order valence-corrected chi connectivity index (χ1v) is 10.0. The van der Waals surface area contributed by atoms with Crippen molar-refractivity contribution in [3.8, 4) is 0 Å². The lowest BCUT2D eigenvalue weighted by Gasteiger charge is -2.06. The lowest BCUT2D eigenvalue weighted by Crippen LogP contribution is -2.02. The Balaban J connectivity index is 1.89. The summed E-state index contributed by atoms with van der Waals surface area (Å²) in [6.45, 7) is 0. The molecule has 4 aromatic rings. The Bertz CT molecular complexity index is 1080. The standard InChI is InChI=1S/C22H14INOS/c23-18-11-5-4-10-16(18)14-17(21(25)15-8-2-1-3-9-15)22-24-19-12-6-7-13-20(19)26-22/h1-14H. The minimum Gasteiger partial charge on any atom is -0.288 e. The fourth-order valence-electron chi connectivity index (χ4n) is 2.70. The summed E-state index contributed by atoms with van der Waals surface area (Å²) in [5, 5.41) is 0.750. The van der Waals surface area contributed by atoms with Crippen molar-refractivity contribution in [2.45, 2.75) is 0 Å². The van der Waals surface area contributed by atoms with E-state index in [1.165, 1.54) is 0 Å². The predicted molar refractivity (Wildman–Crippen MR) is 117 cm³/mol. The zero-order valence-electron chi connectivity index (χ0n) is 13.7. The summed E-state index contributed by atoms with van der Waals surface area (Å²) < 4.78 is 2.18. The number of hydrogen-bond acceptors (Lipinski definition) is 3. The molecule has 0 fully saturated rings. The maximum absolute atomic E-state index is 13.2. The van der Waals surface area contributed by atoms with Gasteiger partial charge in [0.25, 0.3) is 0 Å². The van der Waals surface area contributed by atoms with Crippen LogP contribution in [0.2, 0.25) is 0 Å². The van der Waals surface area contributed by atoms with E-state index in [2.05, 4.69) is 22.6 Å². The van der Waals surface area contributed by atoms with Gasteiger partial charge in [-0.3, -0.25) is 4.79 Å². The van der Waals surface area contributed by atoms with E-state index in [-0.39, 0.29) is 5.78 Å². The summed E-state index contributed by atoms with van der Waals surface area (Å²) in [5.74, 6) is -0.00990. The van der Waals surface area contributed by atoms with E-state index in [1.54, 1.807) is 11.3 Å². The zero-order valence-corrected chi connectivity index (χ0v) is 16.7. The number of Topliss-reactive ketones (excluding diaryl/α,β-unsaturated/α-hetero) is 1. The van der Waals surface area contributed by atoms with Gasteiger partial charge in [-0.1, -0.05) is 60.7 Å². The van der Waals surface area contributed by atoms with Crippen molar-refractivity contribution < 1.29 is 4.79 Å². The van der Waals surface area contributed by atoms with E-state index in [1.807, 2.05) is 84.9 Å². The molecule has 0 amide bonds. The highest BCUT2D eigenvalue weighted by molar-refractivity contribution is 14.1. The van der Waals surface area contributed by atoms with Crippen LogP contribution in [0.25, 0.3) is 21.9 Å². The van der Waals surface area contributed by atoms with Crippen LogP contribution < -0.4 is 0 Å². The second-order valence-corrected chi connectivity index (χ2v) is 7.95. The lowest BCUT2D eigenvalue weighted by molar-refractivity contribution is 0.105. The molecular weight excluding hydrogens is 453 g/mol. The molecule has 2 nitrogen and oxygen atoms in total. The lowest BCUT2D eigenvalue weighted by atomic mass is 10.0. The third kappa shape index (κ3) is 3.48. The van der Waals surface area contributed by atoms with Gasteiger partial charge in [0, 0.05) is 9.13 Å². The van der Waals surface area contributed by atoms with Crippen molar-refractivity contribution in [2.24, 2.45) is 0 Å². The van der Waals surface area contributed by atoms with Crippen LogP contribution in [-0.4, -0.2) is 10.8 Å². The number of aromatic nitrogens is 1. The molecule has 1 heterocycles. The van der Waals surface area contributed by atoms with Gasteiger partial charge in [-0.15, -0.1) is 11.3 Å². The molecule has 1 aromatic heterocycles. The number of carbonyl (C=O) groups excluding carboxylic acids is 1. The monoisotopic (exact) mass is 467 g/mol. The average molecular weight is 467 g/mol. The van der Waals surface area contributed by atoms with Crippen LogP contribution in [0.5, 0.6) is 0 Å². The Morgan fingerprint density at radius 1 is 0.885 bits per heavy atom. The Morgan fingerprint density at radius 2 is 1.58 bits per heavy atom. The van der Waals surface area contributed by atoms with Crippen LogP contribution in [0.1, 0.15) is 20.9 Å². The van der Waals surface area contributed by atoms with Crippen molar-refractivity contribution in [3.63, 3.8) is 0 Å². The van der Waals surface area contributed by atoms with Gasteiger partial charge in [-0.25, -0.2) is 4.98 Å². The molecule has 0 saturated carbocycles. The first kappa shape index (κ1) is 17.1. The zero-order chi connectivity index (χ0) is 17.9. The number of benzene rings is 3. The molecule has 0 N–H and O–H groups in total. The highest BCUT2D eigenvalue weighted by Crippen LogP contribution is 2.31. The smallest absolute Gasteiger partial charge is 0.196 e. The Kier molecular flexibility index (Phi) is 4.95. The second-order valence-electron chi connectivity index (χ2n) is 5.76. The van der Waals surface area contributed by atoms with Crippen LogP contribution in [0.15, 0.2) is 78.9 Å². The number of carbonyl (C=O) groups is 1. The number of ketones is 1. The first-order chi connectivity index (χ1) is 12.7. The summed E-state index contributed by atoms with van der Waals surface area (Å²) >= 11 is 3.84. The van der Waals surface area contributed by atoms with E-state index in [0.29, 0.717) is 11.1 Å². The molecule has 126 valence electrons. The van der Waals surface area contributed by atoms with Crippen LogP contribution in [0.4, 0.5) is 0 Å². The normalized spacial score (nSPS) is 11.7. The molecule has 3 aromatic carbocycles. The summed E-state index contributed by atoms with van der Waals surface area (Å²) in [7, 11) is 0. The second kappa shape index (κ2) is 7.51. The maximum Gasteiger partial charge on any atom is 0.196 e. The summed E-state index contributed by atoms with van der Waals surface area (Å²) in [6.07, 6.45) is 1.95. The van der Waals surface area contributed by atoms with Crippen LogP contribution in [-0.2, 0) is 0 Å². The molecule has 0 spiro atoms. The van der Waals surface area contributed by atoms with E-state index < -0.39 is 0 Å². The number of para-hydroxylation sites is 1. The highest BCUT2D eigenvalue weighted by atomic mass is 127. The molecule has 0 aliphatic rings. The predicted octanol–water partition coefficient (Wildman–Crippen LogP) is 6.32. The van der Waals surface area contributed by atoms with E-state index >= 15 is 0 Å². The number of hydrogen-bond donors (Lipinski definition) is 0. The molecule has 0 bridgehead atoms. The van der Waals surface area contributed by atoms with E-state index in [9.17, 15) is 4.79 Å². The van der Waals surface area contributed by atoms with Crippen LogP contribution in [0, 0.1) is 3.57 Å². The van der Waals surface area contributed by atoms with Crippen molar-refractivity contribution in [2.75, 3.05) is 0 Å². The fourth-order valence-corrected chi connectivity index (χ4v) is 4.23. The summed E-state index contributed by atoms with van der Waals surface area (Å²) in [5.41, 5.74) is 3.24. The van der Waals surface area contributed by atoms with Crippen LogP contribution >= 0.6 is 33.9 Å². The largest absolute Gasteiger partial charge is 0.288 e. The Morgan fingerprint density at radius 3 is 2.35 bits per heavy atom. The van der Waals surface area contributed by atoms with Crippen molar-refractivity contribution in [1.82, 2.24) is 4.98 Å². The Hall–Kier alpha value is -2.31. The summed E-state index contributed by atoms with van der Waals surface area (Å²) in [6, 6.07) is 25.4. The van der Waals surface area contributed by atoms with Gasteiger partial charge in [0.05, 0.1) is 15.8 Å². The van der Waals surface area contributed by atoms with Crippen molar-refractivity contribution in [1.29, 1.82) is 0 Å². The van der Waals surface area contributed by atoms with Gasteiger partial charge in [-0.2, -0.15) is 0 Å². The van der Waals surface area contributed by atoms with Gasteiger partial charge >= 0.3 is 0 Å². The first-order valence-electron chi connectivity index (χ1n) is 8.14. The van der Waals surface area contributed by atoms with E-state index in [4.69, 9.17) is 4.98 Å². The van der Waals surface area contributed by atoms with Gasteiger partial charge < -0.3 is 0 Å². The molecule has 26 heavy (non-hydrogen) atoms. The average Bonchev–Trinajstić information content (AvgIpc) is 3.11. The number of rotatable bonds is 4. The van der Waals surface area contributed by atoms with Gasteiger partial charge in [0.15, 0.2) is 5.78 Å². The highest BCUT2D eigenvalue weighted by Gasteiger charge is 2.18. The summed E-state index contributed by atoms with van der Waals surface area (Å²) in [4.78, 5) is 17.9. The molecular formula is C22H14INOS. The topological polar surface area (TPSA) is 30.0 Å². The molecule has 4 heteroatoms.